The van der Waals surface area contributed by atoms with Crippen LogP contribution in [0, 0.1) is 22.7 Å². The number of hydrogen-bond donors (Lipinski definition) is 0. The average molecular weight is 417 g/mol. The molecule has 1 nitrogen and oxygen atoms in total. The second-order valence-corrected chi connectivity index (χ2v) is 10.6. The summed E-state index contributed by atoms with van der Waals surface area (Å²) >= 11 is 0. The molecular weight excluding hydrogens is 384 g/mol. The molecule has 3 unspecified atom stereocenters. The Morgan fingerprint density at radius 3 is 2.22 bits per heavy atom. The Bertz CT molecular complexity index is 1090. The van der Waals surface area contributed by atoms with Gasteiger partial charge in [-0.3, -0.25) is 4.98 Å². The van der Waals surface area contributed by atoms with Crippen LogP contribution in [0.15, 0.2) is 72.9 Å². The molecule has 0 spiro atoms. The molecule has 4 rings (SSSR count). The lowest BCUT2D eigenvalue weighted by Crippen LogP contribution is -2.49. The van der Waals surface area contributed by atoms with Crippen molar-refractivity contribution in [1.82, 2.24) is 4.98 Å². The Kier molecular flexibility index (Phi) is 5.90. The van der Waals surface area contributed by atoms with Crippen molar-refractivity contribution >= 4 is 15.7 Å². The van der Waals surface area contributed by atoms with Crippen LogP contribution in [0.3, 0.4) is 0 Å². The lowest BCUT2D eigenvalue weighted by Gasteiger charge is -2.52. The van der Waals surface area contributed by atoms with Crippen LogP contribution in [0.25, 0.3) is 22.4 Å². The minimum atomic E-state index is -0.915. The third-order valence-corrected chi connectivity index (χ3v) is 9.00. The summed E-state index contributed by atoms with van der Waals surface area (Å²) in [6.45, 7) is 11.8. The molecule has 4 radical (unpaired) electrons. The second kappa shape index (κ2) is 8.25. The Morgan fingerprint density at radius 1 is 0.906 bits per heavy atom. The molecule has 160 valence electrons. The van der Waals surface area contributed by atoms with Gasteiger partial charge in [0, 0.05) is 11.8 Å². The van der Waals surface area contributed by atoms with Crippen molar-refractivity contribution in [3.05, 3.63) is 78.5 Å². The topological polar surface area (TPSA) is 12.9 Å². The smallest absolute Gasteiger partial charge is 0.0708 e. The van der Waals surface area contributed by atoms with E-state index in [0.29, 0.717) is 5.92 Å². The molecule has 1 aliphatic rings. The van der Waals surface area contributed by atoms with E-state index in [9.17, 15) is 0 Å². The SMILES string of the molecule is [B]C([B])(c1cccc(-c2ccnc(-c3ccccc3)c2)c1)C(C)C1(C)CCC(C)C1(C)C. The van der Waals surface area contributed by atoms with Crippen molar-refractivity contribution < 1.29 is 0 Å². The minimum absolute atomic E-state index is 0.0725. The van der Waals surface area contributed by atoms with Gasteiger partial charge < -0.3 is 0 Å². The molecule has 0 bridgehead atoms. The molecule has 1 aliphatic carbocycles. The van der Waals surface area contributed by atoms with E-state index in [1.807, 2.05) is 30.5 Å². The number of pyridine rings is 1. The van der Waals surface area contributed by atoms with Crippen LogP contribution in [-0.4, -0.2) is 20.7 Å². The summed E-state index contributed by atoms with van der Waals surface area (Å²) < 4.78 is 0. The summed E-state index contributed by atoms with van der Waals surface area (Å²) in [4.78, 5) is 4.57. The van der Waals surface area contributed by atoms with E-state index in [1.165, 1.54) is 6.42 Å². The van der Waals surface area contributed by atoms with Gasteiger partial charge >= 0.3 is 0 Å². The quantitative estimate of drug-likeness (QED) is 0.407. The molecule has 2 aromatic carbocycles. The van der Waals surface area contributed by atoms with Crippen LogP contribution in [0.5, 0.6) is 0 Å². The van der Waals surface area contributed by atoms with E-state index in [0.717, 1.165) is 34.4 Å². The predicted molar refractivity (Wildman–Crippen MR) is 138 cm³/mol. The molecule has 0 amide bonds. The van der Waals surface area contributed by atoms with Crippen LogP contribution in [-0.2, 0) is 5.21 Å². The van der Waals surface area contributed by atoms with E-state index in [4.69, 9.17) is 15.7 Å². The molecule has 1 heterocycles. The summed E-state index contributed by atoms with van der Waals surface area (Å²) in [6.07, 6.45) is 4.25. The first-order valence-electron chi connectivity index (χ1n) is 11.8. The predicted octanol–water partition coefficient (Wildman–Crippen LogP) is 7.00. The molecule has 0 N–H and O–H groups in total. The van der Waals surface area contributed by atoms with Gasteiger partial charge in [-0.1, -0.05) is 100.0 Å². The molecule has 0 saturated heterocycles. The van der Waals surface area contributed by atoms with Gasteiger partial charge in [-0.15, -0.1) is 0 Å². The van der Waals surface area contributed by atoms with E-state index < -0.39 is 5.21 Å². The largest absolute Gasteiger partial charge is 0.256 e. The zero-order valence-electron chi connectivity index (χ0n) is 20.1. The maximum Gasteiger partial charge on any atom is 0.0708 e. The highest BCUT2D eigenvalue weighted by atomic mass is 14.7. The van der Waals surface area contributed by atoms with Gasteiger partial charge in [-0.2, -0.15) is 0 Å². The summed E-state index contributed by atoms with van der Waals surface area (Å²) in [5, 5.41) is -0.915. The molecule has 1 aromatic heterocycles. The van der Waals surface area contributed by atoms with Crippen molar-refractivity contribution in [2.24, 2.45) is 22.7 Å². The zero-order valence-corrected chi connectivity index (χ0v) is 20.1. The molecule has 3 atom stereocenters. The second-order valence-electron chi connectivity index (χ2n) is 10.6. The zero-order chi connectivity index (χ0) is 23.1. The number of nitrogens with zero attached hydrogens (tertiary/aromatic N) is 1. The van der Waals surface area contributed by atoms with Gasteiger partial charge in [0.1, 0.15) is 0 Å². The average Bonchev–Trinajstić information content (AvgIpc) is 3.02. The fraction of sp³-hybridized carbons (Fsp3) is 0.414. The van der Waals surface area contributed by atoms with Crippen molar-refractivity contribution in [2.75, 3.05) is 0 Å². The minimum Gasteiger partial charge on any atom is -0.256 e. The summed E-state index contributed by atoms with van der Waals surface area (Å²) in [6, 6.07) is 22.9. The van der Waals surface area contributed by atoms with E-state index in [-0.39, 0.29) is 16.7 Å². The van der Waals surface area contributed by atoms with Gasteiger partial charge in [-0.05, 0) is 58.8 Å². The van der Waals surface area contributed by atoms with E-state index >= 15 is 0 Å². The Balaban J connectivity index is 1.69. The van der Waals surface area contributed by atoms with Gasteiger partial charge in [0.2, 0.25) is 0 Å². The molecule has 0 aliphatic heterocycles. The first kappa shape index (κ1) is 22.9. The molecule has 1 saturated carbocycles. The maximum atomic E-state index is 6.95. The van der Waals surface area contributed by atoms with Crippen LogP contribution in [0.2, 0.25) is 0 Å². The van der Waals surface area contributed by atoms with E-state index in [2.05, 4.69) is 82.1 Å². The Hall–Kier alpha value is -2.28. The standard InChI is InChI=1S/C29H33B2N/c1-20-14-16-28(5,27(20,3)4)21(2)29(30,31)25-13-9-12-23(18-25)24-15-17-32-26(19-24)22-10-7-6-8-11-22/h6-13,15,17-21H,14,16H2,1-5H3. The van der Waals surface area contributed by atoms with Gasteiger partial charge in [0.25, 0.3) is 0 Å². The van der Waals surface area contributed by atoms with E-state index in [1.54, 1.807) is 0 Å². The number of rotatable bonds is 5. The van der Waals surface area contributed by atoms with Crippen molar-refractivity contribution in [3.8, 4) is 22.4 Å². The monoisotopic (exact) mass is 417 g/mol. The Morgan fingerprint density at radius 2 is 1.56 bits per heavy atom. The normalized spacial score (nSPS) is 23.7. The number of benzene rings is 2. The van der Waals surface area contributed by atoms with Gasteiger partial charge in [0.05, 0.1) is 21.4 Å². The third kappa shape index (κ3) is 3.74. The summed E-state index contributed by atoms with van der Waals surface area (Å²) in [5.74, 6) is 0.785. The summed E-state index contributed by atoms with van der Waals surface area (Å²) in [7, 11) is 13.9. The van der Waals surface area contributed by atoms with Crippen LogP contribution in [0.4, 0.5) is 0 Å². The number of hydrogen-bond acceptors (Lipinski definition) is 1. The van der Waals surface area contributed by atoms with Crippen LogP contribution >= 0.6 is 0 Å². The first-order chi connectivity index (χ1) is 15.1. The fourth-order valence-electron chi connectivity index (χ4n) is 5.66. The molecular formula is C29H33B2N. The van der Waals surface area contributed by atoms with Crippen LogP contribution < -0.4 is 0 Å². The van der Waals surface area contributed by atoms with Crippen molar-refractivity contribution in [1.29, 1.82) is 0 Å². The van der Waals surface area contributed by atoms with Crippen molar-refractivity contribution in [3.63, 3.8) is 0 Å². The lowest BCUT2D eigenvalue weighted by molar-refractivity contribution is 0.0299. The molecule has 1 fully saturated rings. The fourth-order valence-corrected chi connectivity index (χ4v) is 5.66. The third-order valence-electron chi connectivity index (χ3n) is 9.00. The highest BCUT2D eigenvalue weighted by molar-refractivity contribution is 6.40. The van der Waals surface area contributed by atoms with Crippen LogP contribution in [0.1, 0.15) is 53.0 Å². The van der Waals surface area contributed by atoms with Gasteiger partial charge in [-0.25, -0.2) is 0 Å². The summed E-state index contributed by atoms with van der Waals surface area (Å²) in [5.41, 5.74) is 5.54. The molecule has 32 heavy (non-hydrogen) atoms. The number of aromatic nitrogens is 1. The molecule has 3 heteroatoms. The highest BCUT2D eigenvalue weighted by Crippen LogP contribution is 2.61. The van der Waals surface area contributed by atoms with Gasteiger partial charge in [0.15, 0.2) is 0 Å². The maximum absolute atomic E-state index is 6.95. The Labute approximate surface area is 196 Å². The first-order valence-corrected chi connectivity index (χ1v) is 11.8. The van der Waals surface area contributed by atoms with Crippen molar-refractivity contribution in [2.45, 2.75) is 52.7 Å². The molecule has 3 aromatic rings. The lowest BCUT2D eigenvalue weighted by atomic mass is 9.39. The highest BCUT2D eigenvalue weighted by Gasteiger charge is 2.55.